The van der Waals surface area contributed by atoms with Crippen molar-refractivity contribution in [2.75, 3.05) is 13.7 Å². The van der Waals surface area contributed by atoms with Crippen molar-refractivity contribution in [1.29, 1.82) is 0 Å². The van der Waals surface area contributed by atoms with Crippen molar-refractivity contribution >= 4 is 0 Å². The molecule has 1 aromatic carbocycles. The first-order valence-corrected chi connectivity index (χ1v) is 5.28. The summed E-state index contributed by atoms with van der Waals surface area (Å²) in [5, 5.41) is 3.42. The number of hydrogen-bond acceptors (Lipinski definition) is 3. The summed E-state index contributed by atoms with van der Waals surface area (Å²) in [7, 11) is 1.68. The van der Waals surface area contributed by atoms with Crippen molar-refractivity contribution in [3.05, 3.63) is 29.8 Å². The van der Waals surface area contributed by atoms with Crippen molar-refractivity contribution in [1.82, 2.24) is 5.32 Å². The van der Waals surface area contributed by atoms with Crippen molar-refractivity contribution in [2.45, 2.75) is 25.9 Å². The third kappa shape index (κ3) is 3.22. The fraction of sp³-hybridized carbons (Fsp3) is 0.500. The SMILES string of the molecule is COc1ccccc1C(CN)NC(C)C. The van der Waals surface area contributed by atoms with Crippen molar-refractivity contribution in [3.8, 4) is 5.75 Å². The molecule has 3 N–H and O–H groups in total. The van der Waals surface area contributed by atoms with Crippen molar-refractivity contribution in [2.24, 2.45) is 5.73 Å². The van der Waals surface area contributed by atoms with Crippen LogP contribution in [0.5, 0.6) is 5.75 Å². The first-order chi connectivity index (χ1) is 7.19. The molecule has 1 aromatic rings. The molecule has 3 heteroatoms. The lowest BCUT2D eigenvalue weighted by atomic mass is 10.1. The molecule has 0 aliphatic heterocycles. The van der Waals surface area contributed by atoms with Crippen LogP contribution < -0.4 is 15.8 Å². The van der Waals surface area contributed by atoms with Gasteiger partial charge in [0.2, 0.25) is 0 Å². The van der Waals surface area contributed by atoms with E-state index in [-0.39, 0.29) is 6.04 Å². The molecule has 0 aromatic heterocycles. The average Bonchev–Trinajstić information content (AvgIpc) is 2.25. The smallest absolute Gasteiger partial charge is 0.123 e. The molecular formula is C12H20N2O. The standard InChI is InChI=1S/C12H20N2O/c1-9(2)14-11(8-13)10-6-4-5-7-12(10)15-3/h4-7,9,11,14H,8,13H2,1-3H3. The summed E-state index contributed by atoms with van der Waals surface area (Å²) >= 11 is 0. The Balaban J connectivity index is 2.90. The predicted octanol–water partition coefficient (Wildman–Crippen LogP) is 1.69. The van der Waals surface area contributed by atoms with Gasteiger partial charge in [-0.25, -0.2) is 0 Å². The van der Waals surface area contributed by atoms with E-state index in [1.165, 1.54) is 0 Å². The van der Waals surface area contributed by atoms with Gasteiger partial charge < -0.3 is 15.8 Å². The van der Waals surface area contributed by atoms with Crippen LogP contribution in [0.3, 0.4) is 0 Å². The first kappa shape index (κ1) is 12.0. The second-order valence-corrected chi connectivity index (χ2v) is 3.85. The van der Waals surface area contributed by atoms with Gasteiger partial charge in [0.25, 0.3) is 0 Å². The molecule has 15 heavy (non-hydrogen) atoms. The lowest BCUT2D eigenvalue weighted by molar-refractivity contribution is 0.394. The van der Waals surface area contributed by atoms with Crippen LogP contribution in [-0.4, -0.2) is 19.7 Å². The Morgan fingerprint density at radius 1 is 1.33 bits per heavy atom. The predicted molar refractivity (Wildman–Crippen MR) is 63.1 cm³/mol. The second-order valence-electron chi connectivity index (χ2n) is 3.85. The van der Waals surface area contributed by atoms with Crippen LogP contribution in [0.1, 0.15) is 25.5 Å². The summed E-state index contributed by atoms with van der Waals surface area (Å²) in [6.45, 7) is 4.79. The van der Waals surface area contributed by atoms with E-state index in [0.29, 0.717) is 12.6 Å². The van der Waals surface area contributed by atoms with E-state index in [1.54, 1.807) is 7.11 Å². The van der Waals surface area contributed by atoms with E-state index in [4.69, 9.17) is 10.5 Å². The summed E-state index contributed by atoms with van der Waals surface area (Å²) in [5.41, 5.74) is 6.88. The molecule has 3 nitrogen and oxygen atoms in total. The Labute approximate surface area is 91.6 Å². The van der Waals surface area contributed by atoms with Crippen LogP contribution in [0.2, 0.25) is 0 Å². The molecule has 0 saturated heterocycles. The van der Waals surface area contributed by atoms with E-state index in [2.05, 4.69) is 19.2 Å². The maximum Gasteiger partial charge on any atom is 0.123 e. The van der Waals surface area contributed by atoms with E-state index in [9.17, 15) is 0 Å². The van der Waals surface area contributed by atoms with Gasteiger partial charge in [-0.1, -0.05) is 32.0 Å². The Morgan fingerprint density at radius 3 is 2.53 bits per heavy atom. The van der Waals surface area contributed by atoms with Gasteiger partial charge in [0.15, 0.2) is 0 Å². The number of nitrogens with one attached hydrogen (secondary N) is 1. The highest BCUT2D eigenvalue weighted by atomic mass is 16.5. The topological polar surface area (TPSA) is 47.3 Å². The third-order valence-corrected chi connectivity index (χ3v) is 2.28. The highest BCUT2D eigenvalue weighted by Crippen LogP contribution is 2.24. The van der Waals surface area contributed by atoms with Gasteiger partial charge in [0, 0.05) is 24.2 Å². The van der Waals surface area contributed by atoms with Crippen molar-refractivity contribution in [3.63, 3.8) is 0 Å². The number of para-hydroxylation sites is 1. The van der Waals surface area contributed by atoms with Gasteiger partial charge in [0.05, 0.1) is 7.11 Å². The summed E-state index contributed by atoms with van der Waals surface area (Å²) < 4.78 is 5.31. The van der Waals surface area contributed by atoms with Crippen LogP contribution >= 0.6 is 0 Å². The maximum atomic E-state index is 5.76. The first-order valence-electron chi connectivity index (χ1n) is 5.28. The monoisotopic (exact) mass is 208 g/mol. The summed E-state index contributed by atoms with van der Waals surface area (Å²) in [4.78, 5) is 0. The summed E-state index contributed by atoms with van der Waals surface area (Å²) in [5.74, 6) is 0.890. The lowest BCUT2D eigenvalue weighted by Crippen LogP contribution is -2.33. The molecule has 1 atom stereocenters. The number of benzene rings is 1. The molecular weight excluding hydrogens is 188 g/mol. The van der Waals surface area contributed by atoms with Gasteiger partial charge >= 0.3 is 0 Å². The van der Waals surface area contributed by atoms with E-state index >= 15 is 0 Å². The van der Waals surface area contributed by atoms with Crippen LogP contribution in [0.25, 0.3) is 0 Å². The van der Waals surface area contributed by atoms with E-state index < -0.39 is 0 Å². The largest absolute Gasteiger partial charge is 0.496 e. The zero-order chi connectivity index (χ0) is 11.3. The molecule has 0 fully saturated rings. The van der Waals surface area contributed by atoms with Gasteiger partial charge in [-0.15, -0.1) is 0 Å². The number of hydrogen-bond donors (Lipinski definition) is 2. The number of nitrogens with two attached hydrogens (primary N) is 1. The normalized spacial score (nSPS) is 12.9. The molecule has 0 aliphatic carbocycles. The minimum atomic E-state index is 0.154. The van der Waals surface area contributed by atoms with Gasteiger partial charge in [0.1, 0.15) is 5.75 Å². The Kier molecular flexibility index (Phi) is 4.59. The molecule has 1 rings (SSSR count). The molecule has 0 saturated carbocycles. The lowest BCUT2D eigenvalue weighted by Gasteiger charge is -2.21. The van der Waals surface area contributed by atoms with E-state index in [0.717, 1.165) is 11.3 Å². The second kappa shape index (κ2) is 5.73. The number of ether oxygens (including phenoxy) is 1. The van der Waals surface area contributed by atoms with Crippen LogP contribution in [0.4, 0.5) is 0 Å². The van der Waals surface area contributed by atoms with Crippen LogP contribution in [-0.2, 0) is 0 Å². The summed E-state index contributed by atoms with van der Waals surface area (Å²) in [6, 6.07) is 8.53. The average molecular weight is 208 g/mol. The summed E-state index contributed by atoms with van der Waals surface area (Å²) in [6.07, 6.45) is 0. The highest BCUT2D eigenvalue weighted by Gasteiger charge is 2.14. The molecule has 0 amide bonds. The Hall–Kier alpha value is -1.06. The fourth-order valence-corrected chi connectivity index (χ4v) is 1.64. The molecule has 1 unspecified atom stereocenters. The molecule has 0 bridgehead atoms. The Morgan fingerprint density at radius 2 is 2.00 bits per heavy atom. The van der Waals surface area contributed by atoms with E-state index in [1.807, 2.05) is 24.3 Å². The zero-order valence-corrected chi connectivity index (χ0v) is 9.66. The third-order valence-electron chi connectivity index (χ3n) is 2.28. The Bertz CT molecular complexity index is 299. The van der Waals surface area contributed by atoms with Crippen LogP contribution in [0, 0.1) is 0 Å². The number of rotatable bonds is 5. The van der Waals surface area contributed by atoms with Gasteiger partial charge in [-0.05, 0) is 6.07 Å². The fourth-order valence-electron chi connectivity index (χ4n) is 1.64. The molecule has 0 spiro atoms. The quantitative estimate of drug-likeness (QED) is 0.774. The number of methoxy groups -OCH3 is 1. The maximum absolute atomic E-state index is 5.76. The minimum absolute atomic E-state index is 0.154. The molecule has 0 aliphatic rings. The van der Waals surface area contributed by atoms with Gasteiger partial charge in [-0.2, -0.15) is 0 Å². The van der Waals surface area contributed by atoms with Crippen LogP contribution in [0.15, 0.2) is 24.3 Å². The van der Waals surface area contributed by atoms with Gasteiger partial charge in [-0.3, -0.25) is 0 Å². The zero-order valence-electron chi connectivity index (χ0n) is 9.66. The highest BCUT2D eigenvalue weighted by molar-refractivity contribution is 5.36. The molecule has 0 heterocycles. The molecule has 0 radical (unpaired) electrons. The molecule has 84 valence electrons. The minimum Gasteiger partial charge on any atom is -0.496 e. The van der Waals surface area contributed by atoms with Crippen molar-refractivity contribution < 1.29 is 4.74 Å².